The van der Waals surface area contributed by atoms with Gasteiger partial charge >= 0.3 is 0 Å². The third kappa shape index (κ3) is 2.63. The normalized spacial score (nSPS) is 27.0. The molecule has 0 aromatic carbocycles. The second-order valence-electron chi connectivity index (χ2n) is 4.73. The zero-order chi connectivity index (χ0) is 10.7. The van der Waals surface area contributed by atoms with E-state index in [4.69, 9.17) is 4.74 Å². The topological polar surface area (TPSA) is 12.5 Å². The summed E-state index contributed by atoms with van der Waals surface area (Å²) in [7, 11) is 0. The lowest BCUT2D eigenvalue weighted by Crippen LogP contribution is -2.35. The van der Waals surface area contributed by atoms with Crippen molar-refractivity contribution in [3.05, 3.63) is 23.9 Å². The van der Waals surface area contributed by atoms with E-state index >= 15 is 0 Å². The Morgan fingerprint density at radius 1 is 1.33 bits per heavy atom. The van der Waals surface area contributed by atoms with Gasteiger partial charge in [-0.15, -0.1) is 0 Å². The largest absolute Gasteiger partial charge is 0.378 e. The molecule has 0 spiro atoms. The number of ether oxygens (including phenoxy) is 1. The van der Waals surface area contributed by atoms with E-state index < -0.39 is 0 Å². The van der Waals surface area contributed by atoms with Gasteiger partial charge in [0.15, 0.2) is 0 Å². The van der Waals surface area contributed by atoms with Crippen LogP contribution in [0.15, 0.2) is 23.9 Å². The van der Waals surface area contributed by atoms with Gasteiger partial charge in [0.25, 0.3) is 0 Å². The summed E-state index contributed by atoms with van der Waals surface area (Å²) in [6.07, 6.45) is 8.24. The fourth-order valence-corrected chi connectivity index (χ4v) is 2.18. The van der Waals surface area contributed by atoms with Gasteiger partial charge in [-0.2, -0.15) is 0 Å². The van der Waals surface area contributed by atoms with Crippen molar-refractivity contribution in [1.29, 1.82) is 0 Å². The average Bonchev–Trinajstić information content (AvgIpc) is 2.30. The number of rotatable bonds is 2. The Balaban J connectivity index is 1.93. The molecule has 2 nitrogen and oxygen atoms in total. The maximum Gasteiger partial charge on any atom is 0.0642 e. The lowest BCUT2D eigenvalue weighted by atomic mass is 9.89. The Labute approximate surface area is 92.6 Å². The molecule has 1 unspecified atom stereocenters. The van der Waals surface area contributed by atoms with E-state index in [0.717, 1.165) is 38.1 Å². The van der Waals surface area contributed by atoms with Gasteiger partial charge in [-0.05, 0) is 24.3 Å². The van der Waals surface area contributed by atoms with Crippen LogP contribution >= 0.6 is 0 Å². The van der Waals surface area contributed by atoms with Crippen LogP contribution in [-0.2, 0) is 4.74 Å². The highest BCUT2D eigenvalue weighted by molar-refractivity contribution is 5.23. The lowest BCUT2D eigenvalue weighted by molar-refractivity contribution is 0.0550. The number of morpholine rings is 1. The molecule has 0 radical (unpaired) electrons. The molecule has 1 fully saturated rings. The Kier molecular flexibility index (Phi) is 3.47. The van der Waals surface area contributed by atoms with Gasteiger partial charge < -0.3 is 9.64 Å². The number of hydrogen-bond donors (Lipinski definition) is 0. The molecule has 1 saturated heterocycles. The molecule has 0 saturated carbocycles. The number of hydrogen-bond acceptors (Lipinski definition) is 2. The van der Waals surface area contributed by atoms with Crippen LogP contribution in [0.4, 0.5) is 0 Å². The van der Waals surface area contributed by atoms with Gasteiger partial charge in [0, 0.05) is 18.8 Å². The molecule has 0 aromatic heterocycles. The van der Waals surface area contributed by atoms with Crippen LogP contribution in [0, 0.1) is 11.8 Å². The second kappa shape index (κ2) is 4.84. The summed E-state index contributed by atoms with van der Waals surface area (Å²) in [6, 6.07) is 0. The van der Waals surface area contributed by atoms with E-state index in [2.05, 4.69) is 37.0 Å². The quantitative estimate of drug-likeness (QED) is 0.689. The zero-order valence-corrected chi connectivity index (χ0v) is 9.78. The molecule has 2 aliphatic rings. The highest BCUT2D eigenvalue weighted by atomic mass is 16.5. The van der Waals surface area contributed by atoms with Crippen molar-refractivity contribution < 1.29 is 4.74 Å². The molecule has 2 heteroatoms. The van der Waals surface area contributed by atoms with E-state index in [1.54, 1.807) is 0 Å². The van der Waals surface area contributed by atoms with Crippen LogP contribution in [0.5, 0.6) is 0 Å². The minimum atomic E-state index is 0.731. The second-order valence-corrected chi connectivity index (χ2v) is 4.73. The summed E-state index contributed by atoms with van der Waals surface area (Å²) in [6.45, 7) is 8.42. The summed E-state index contributed by atoms with van der Waals surface area (Å²) in [5.41, 5.74) is 1.40. The van der Waals surface area contributed by atoms with Crippen LogP contribution in [0.2, 0.25) is 0 Å². The highest BCUT2D eigenvalue weighted by Gasteiger charge is 2.17. The van der Waals surface area contributed by atoms with Gasteiger partial charge in [0.1, 0.15) is 0 Å². The first-order chi connectivity index (χ1) is 7.27. The Morgan fingerprint density at radius 3 is 2.60 bits per heavy atom. The maximum atomic E-state index is 5.36. The molecule has 84 valence electrons. The van der Waals surface area contributed by atoms with Crippen LogP contribution in [0.1, 0.15) is 20.3 Å². The fourth-order valence-electron chi connectivity index (χ4n) is 2.18. The predicted molar refractivity (Wildman–Crippen MR) is 62.6 cm³/mol. The van der Waals surface area contributed by atoms with E-state index in [0.29, 0.717) is 0 Å². The third-order valence-corrected chi connectivity index (χ3v) is 3.35. The van der Waals surface area contributed by atoms with Crippen LogP contribution < -0.4 is 0 Å². The summed E-state index contributed by atoms with van der Waals surface area (Å²) in [5, 5.41) is 0. The summed E-state index contributed by atoms with van der Waals surface area (Å²) >= 11 is 0. The number of nitrogens with zero attached hydrogens (tertiary/aromatic N) is 1. The van der Waals surface area contributed by atoms with Gasteiger partial charge in [-0.1, -0.05) is 26.0 Å². The first-order valence-electron chi connectivity index (χ1n) is 5.98. The molecule has 0 amide bonds. The molecule has 0 aromatic rings. The molecular formula is C13H21NO. The van der Waals surface area contributed by atoms with Gasteiger partial charge in [0.2, 0.25) is 0 Å². The minimum Gasteiger partial charge on any atom is -0.378 e. The first-order valence-corrected chi connectivity index (χ1v) is 5.98. The zero-order valence-electron chi connectivity index (χ0n) is 9.78. The molecule has 2 rings (SSSR count). The average molecular weight is 207 g/mol. The molecular weight excluding hydrogens is 186 g/mol. The van der Waals surface area contributed by atoms with Crippen molar-refractivity contribution >= 4 is 0 Å². The van der Waals surface area contributed by atoms with E-state index in [1.165, 1.54) is 12.1 Å². The van der Waals surface area contributed by atoms with Gasteiger partial charge in [0.05, 0.1) is 13.2 Å². The molecule has 1 aliphatic carbocycles. The molecule has 1 atom stereocenters. The van der Waals surface area contributed by atoms with E-state index in [9.17, 15) is 0 Å². The first kappa shape index (κ1) is 10.7. The highest BCUT2D eigenvalue weighted by Crippen LogP contribution is 2.25. The van der Waals surface area contributed by atoms with Crippen molar-refractivity contribution in [3.63, 3.8) is 0 Å². The smallest absolute Gasteiger partial charge is 0.0642 e. The van der Waals surface area contributed by atoms with Crippen molar-refractivity contribution in [2.45, 2.75) is 20.3 Å². The van der Waals surface area contributed by atoms with Crippen molar-refractivity contribution in [3.8, 4) is 0 Å². The Bertz CT molecular complexity index is 262. The van der Waals surface area contributed by atoms with Crippen LogP contribution in [-0.4, -0.2) is 31.2 Å². The third-order valence-electron chi connectivity index (χ3n) is 3.35. The fraction of sp³-hybridized carbons (Fsp3) is 0.692. The van der Waals surface area contributed by atoms with Crippen LogP contribution in [0.25, 0.3) is 0 Å². The SMILES string of the molecule is CC(C)C1C=CC(N2CCOCC2)=CC1. The standard InChI is InChI=1S/C13H21NO/c1-11(2)12-3-5-13(6-4-12)14-7-9-15-10-8-14/h3,5-6,11-12H,4,7-10H2,1-2H3. The Morgan fingerprint density at radius 2 is 2.07 bits per heavy atom. The predicted octanol–water partition coefficient (Wildman–Crippen LogP) is 2.43. The van der Waals surface area contributed by atoms with E-state index in [-0.39, 0.29) is 0 Å². The van der Waals surface area contributed by atoms with Crippen molar-refractivity contribution in [2.24, 2.45) is 11.8 Å². The summed E-state index contributed by atoms with van der Waals surface area (Å²) < 4.78 is 5.36. The number of allylic oxidation sites excluding steroid dienone is 3. The lowest BCUT2D eigenvalue weighted by Gasteiger charge is -2.32. The van der Waals surface area contributed by atoms with Gasteiger partial charge in [-0.3, -0.25) is 0 Å². The molecule has 1 heterocycles. The summed E-state index contributed by atoms with van der Waals surface area (Å²) in [4.78, 5) is 2.43. The van der Waals surface area contributed by atoms with Crippen LogP contribution in [0.3, 0.4) is 0 Å². The molecule has 1 aliphatic heterocycles. The monoisotopic (exact) mass is 207 g/mol. The molecule has 0 N–H and O–H groups in total. The minimum absolute atomic E-state index is 0.731. The van der Waals surface area contributed by atoms with E-state index in [1.807, 2.05) is 0 Å². The maximum absolute atomic E-state index is 5.36. The van der Waals surface area contributed by atoms with Crippen molar-refractivity contribution in [2.75, 3.05) is 26.3 Å². The molecule has 0 bridgehead atoms. The summed E-state index contributed by atoms with van der Waals surface area (Å²) in [5.74, 6) is 1.48. The van der Waals surface area contributed by atoms with Crippen molar-refractivity contribution in [1.82, 2.24) is 4.90 Å². The molecule has 15 heavy (non-hydrogen) atoms. The Hall–Kier alpha value is -0.760. The van der Waals surface area contributed by atoms with Gasteiger partial charge in [-0.25, -0.2) is 0 Å².